The SMILES string of the molecule is Cc1cccc(NC(=S)N2CCN(C(=O)c3cccs3)CC2)c1. The second kappa shape index (κ2) is 7.10. The van der Waals surface area contributed by atoms with Crippen LogP contribution in [0.15, 0.2) is 41.8 Å². The molecule has 0 unspecified atom stereocenters. The van der Waals surface area contributed by atoms with Gasteiger partial charge in [-0.1, -0.05) is 18.2 Å². The number of anilines is 1. The van der Waals surface area contributed by atoms with Gasteiger partial charge >= 0.3 is 0 Å². The van der Waals surface area contributed by atoms with Crippen LogP contribution >= 0.6 is 23.6 Å². The number of carbonyl (C=O) groups is 1. The summed E-state index contributed by atoms with van der Waals surface area (Å²) in [4.78, 5) is 17.2. The van der Waals surface area contributed by atoms with Crippen molar-refractivity contribution in [3.8, 4) is 0 Å². The van der Waals surface area contributed by atoms with Crippen molar-refractivity contribution in [3.05, 3.63) is 52.2 Å². The van der Waals surface area contributed by atoms with E-state index >= 15 is 0 Å². The molecule has 120 valence electrons. The highest BCUT2D eigenvalue weighted by Crippen LogP contribution is 2.15. The normalized spacial score (nSPS) is 14.7. The summed E-state index contributed by atoms with van der Waals surface area (Å²) >= 11 is 6.99. The standard InChI is InChI=1S/C17H19N3OS2/c1-13-4-2-5-14(12-13)18-17(22)20-9-7-19(8-10-20)16(21)15-6-3-11-23-15/h2-6,11-12H,7-10H2,1H3,(H,18,22). The van der Waals surface area contributed by atoms with Crippen molar-refractivity contribution in [1.29, 1.82) is 0 Å². The Kier molecular flexibility index (Phi) is 4.93. The maximum atomic E-state index is 12.3. The molecule has 1 aliphatic rings. The molecule has 1 N–H and O–H groups in total. The second-order valence-corrected chi connectivity index (χ2v) is 6.89. The van der Waals surface area contributed by atoms with Crippen LogP contribution in [0.1, 0.15) is 15.2 Å². The van der Waals surface area contributed by atoms with Crippen LogP contribution in [0.25, 0.3) is 0 Å². The fraction of sp³-hybridized carbons (Fsp3) is 0.294. The van der Waals surface area contributed by atoms with Crippen LogP contribution in [0.3, 0.4) is 0 Å². The topological polar surface area (TPSA) is 35.6 Å². The van der Waals surface area contributed by atoms with Crippen molar-refractivity contribution in [2.45, 2.75) is 6.92 Å². The van der Waals surface area contributed by atoms with Gasteiger partial charge in [0.25, 0.3) is 5.91 Å². The predicted octanol–water partition coefficient (Wildman–Crippen LogP) is 3.21. The fourth-order valence-corrected chi connectivity index (χ4v) is 3.59. The smallest absolute Gasteiger partial charge is 0.264 e. The van der Waals surface area contributed by atoms with E-state index < -0.39 is 0 Å². The largest absolute Gasteiger partial charge is 0.345 e. The Balaban J connectivity index is 1.54. The summed E-state index contributed by atoms with van der Waals surface area (Å²) in [7, 11) is 0. The van der Waals surface area contributed by atoms with Gasteiger partial charge in [0.1, 0.15) is 0 Å². The number of benzene rings is 1. The number of hydrogen-bond acceptors (Lipinski definition) is 3. The molecule has 1 aliphatic heterocycles. The summed E-state index contributed by atoms with van der Waals surface area (Å²) in [5.41, 5.74) is 2.20. The molecule has 1 aromatic carbocycles. The number of piperazine rings is 1. The highest BCUT2D eigenvalue weighted by atomic mass is 32.1. The van der Waals surface area contributed by atoms with E-state index in [2.05, 4.69) is 29.3 Å². The lowest BCUT2D eigenvalue weighted by Crippen LogP contribution is -2.51. The van der Waals surface area contributed by atoms with Crippen LogP contribution in [0.4, 0.5) is 5.69 Å². The number of thiocarbonyl (C=S) groups is 1. The first-order chi connectivity index (χ1) is 11.1. The number of nitrogens with one attached hydrogen (secondary N) is 1. The first kappa shape index (κ1) is 16.0. The van der Waals surface area contributed by atoms with E-state index in [1.807, 2.05) is 34.5 Å². The van der Waals surface area contributed by atoms with E-state index in [1.54, 1.807) is 0 Å². The van der Waals surface area contributed by atoms with Crippen molar-refractivity contribution in [1.82, 2.24) is 9.80 Å². The van der Waals surface area contributed by atoms with E-state index in [0.717, 1.165) is 28.8 Å². The number of nitrogens with zero attached hydrogens (tertiary/aromatic N) is 2. The molecule has 1 amide bonds. The number of amides is 1. The molecule has 0 saturated carbocycles. The summed E-state index contributed by atoms with van der Waals surface area (Å²) in [6.07, 6.45) is 0. The first-order valence-electron chi connectivity index (χ1n) is 7.59. The van der Waals surface area contributed by atoms with Gasteiger partial charge in [0.05, 0.1) is 4.88 Å². The summed E-state index contributed by atoms with van der Waals surface area (Å²) in [6, 6.07) is 11.9. The lowest BCUT2D eigenvalue weighted by atomic mass is 10.2. The molecule has 0 aliphatic carbocycles. The van der Waals surface area contributed by atoms with E-state index in [4.69, 9.17) is 12.2 Å². The van der Waals surface area contributed by atoms with Gasteiger partial charge in [-0.2, -0.15) is 0 Å². The minimum absolute atomic E-state index is 0.122. The average molecular weight is 345 g/mol. The summed E-state index contributed by atoms with van der Waals surface area (Å²) in [5, 5.41) is 5.94. The molecular weight excluding hydrogens is 326 g/mol. The van der Waals surface area contributed by atoms with E-state index in [1.165, 1.54) is 16.9 Å². The zero-order chi connectivity index (χ0) is 16.2. The third-order valence-corrected chi connectivity index (χ3v) is 5.07. The third-order valence-electron chi connectivity index (χ3n) is 3.86. The molecule has 2 aromatic rings. The molecule has 1 aromatic heterocycles. The van der Waals surface area contributed by atoms with Crippen molar-refractivity contribution < 1.29 is 4.79 Å². The van der Waals surface area contributed by atoms with Crippen molar-refractivity contribution in [2.24, 2.45) is 0 Å². The van der Waals surface area contributed by atoms with Crippen LogP contribution in [-0.4, -0.2) is 47.0 Å². The maximum Gasteiger partial charge on any atom is 0.264 e. The molecule has 3 rings (SSSR count). The van der Waals surface area contributed by atoms with Crippen LogP contribution in [-0.2, 0) is 0 Å². The van der Waals surface area contributed by atoms with E-state index in [9.17, 15) is 4.79 Å². The van der Waals surface area contributed by atoms with Gasteiger partial charge in [-0.15, -0.1) is 11.3 Å². The first-order valence-corrected chi connectivity index (χ1v) is 8.87. The Morgan fingerprint density at radius 2 is 1.87 bits per heavy atom. The molecule has 2 heterocycles. The molecule has 0 bridgehead atoms. The lowest BCUT2D eigenvalue weighted by Gasteiger charge is -2.36. The Bertz CT molecular complexity index is 692. The Hall–Kier alpha value is -1.92. The van der Waals surface area contributed by atoms with Crippen LogP contribution in [0.2, 0.25) is 0 Å². The highest BCUT2D eigenvalue weighted by Gasteiger charge is 2.23. The molecule has 0 spiro atoms. The quantitative estimate of drug-likeness (QED) is 0.848. The Labute approximate surface area is 145 Å². The van der Waals surface area contributed by atoms with Gasteiger partial charge in [-0.25, -0.2) is 0 Å². The Morgan fingerprint density at radius 3 is 2.52 bits per heavy atom. The van der Waals surface area contributed by atoms with E-state index in [-0.39, 0.29) is 5.91 Å². The Morgan fingerprint density at radius 1 is 1.13 bits per heavy atom. The minimum Gasteiger partial charge on any atom is -0.345 e. The van der Waals surface area contributed by atoms with Crippen molar-refractivity contribution in [3.63, 3.8) is 0 Å². The zero-order valence-electron chi connectivity index (χ0n) is 13.0. The average Bonchev–Trinajstić information content (AvgIpc) is 3.09. The molecule has 6 heteroatoms. The van der Waals surface area contributed by atoms with Gasteiger partial charge in [-0.05, 0) is 48.3 Å². The summed E-state index contributed by atoms with van der Waals surface area (Å²) in [5.74, 6) is 0.122. The summed E-state index contributed by atoms with van der Waals surface area (Å²) in [6.45, 7) is 4.98. The molecule has 23 heavy (non-hydrogen) atoms. The van der Waals surface area contributed by atoms with Crippen LogP contribution in [0.5, 0.6) is 0 Å². The summed E-state index contributed by atoms with van der Waals surface area (Å²) < 4.78 is 0. The zero-order valence-corrected chi connectivity index (χ0v) is 14.6. The predicted molar refractivity (Wildman–Crippen MR) is 99.2 cm³/mol. The van der Waals surface area contributed by atoms with Crippen LogP contribution < -0.4 is 5.32 Å². The maximum absolute atomic E-state index is 12.3. The lowest BCUT2D eigenvalue weighted by molar-refractivity contribution is 0.0698. The van der Waals surface area contributed by atoms with Gasteiger partial charge in [0.15, 0.2) is 5.11 Å². The number of thiophene rings is 1. The highest BCUT2D eigenvalue weighted by molar-refractivity contribution is 7.80. The van der Waals surface area contributed by atoms with Crippen molar-refractivity contribution >= 4 is 40.3 Å². The number of carbonyl (C=O) groups excluding carboxylic acids is 1. The third kappa shape index (κ3) is 3.89. The minimum atomic E-state index is 0.122. The number of rotatable bonds is 2. The molecule has 1 saturated heterocycles. The van der Waals surface area contributed by atoms with Gasteiger partial charge in [0, 0.05) is 31.9 Å². The number of aryl methyl sites for hydroxylation is 1. The molecule has 4 nitrogen and oxygen atoms in total. The van der Waals surface area contributed by atoms with Gasteiger partial charge in [0.2, 0.25) is 0 Å². The fourth-order valence-electron chi connectivity index (χ4n) is 2.59. The molecule has 0 atom stereocenters. The number of hydrogen-bond donors (Lipinski definition) is 1. The second-order valence-electron chi connectivity index (χ2n) is 5.56. The van der Waals surface area contributed by atoms with Gasteiger partial charge in [-0.3, -0.25) is 4.79 Å². The molecular formula is C17H19N3OS2. The van der Waals surface area contributed by atoms with Crippen LogP contribution in [0, 0.1) is 6.92 Å². The van der Waals surface area contributed by atoms with E-state index in [0.29, 0.717) is 13.1 Å². The van der Waals surface area contributed by atoms with Gasteiger partial charge < -0.3 is 15.1 Å². The molecule has 0 radical (unpaired) electrons. The monoisotopic (exact) mass is 345 g/mol. The molecule has 1 fully saturated rings. The van der Waals surface area contributed by atoms with Crippen molar-refractivity contribution in [2.75, 3.05) is 31.5 Å².